The third kappa shape index (κ3) is 4.81. The van der Waals surface area contributed by atoms with Crippen molar-refractivity contribution in [3.8, 4) is 0 Å². The van der Waals surface area contributed by atoms with E-state index in [4.69, 9.17) is 5.41 Å². The van der Waals surface area contributed by atoms with Crippen LogP contribution in [0.25, 0.3) is 0 Å². The fourth-order valence-corrected chi connectivity index (χ4v) is 2.54. The van der Waals surface area contributed by atoms with Gasteiger partial charge in [-0.05, 0) is 49.9 Å². The highest BCUT2D eigenvalue weighted by atomic mass is 19.4. The number of aliphatic imine (C=N–C) groups is 1. The van der Waals surface area contributed by atoms with Crippen molar-refractivity contribution in [1.29, 1.82) is 5.41 Å². The zero-order valence-corrected chi connectivity index (χ0v) is 14.5. The maximum Gasteiger partial charge on any atom is 0.429 e. The lowest BCUT2D eigenvalue weighted by atomic mass is 10.1. The molecule has 1 aliphatic rings. The molecule has 6 nitrogen and oxygen atoms in total. The largest absolute Gasteiger partial charge is 0.429 e. The van der Waals surface area contributed by atoms with E-state index in [-0.39, 0.29) is 11.8 Å². The third-order valence-corrected chi connectivity index (χ3v) is 4.19. The number of hydrogen-bond acceptors (Lipinski definition) is 4. The number of anilines is 1. The summed E-state index contributed by atoms with van der Waals surface area (Å²) in [7, 11) is 0. The number of aromatic nitrogens is 2. The summed E-state index contributed by atoms with van der Waals surface area (Å²) in [6.07, 6.45) is -2.11. The number of amides is 1. The number of imidazole rings is 1. The number of halogens is 3. The first-order valence-corrected chi connectivity index (χ1v) is 8.37. The molecule has 9 heteroatoms. The molecule has 1 aliphatic carbocycles. The van der Waals surface area contributed by atoms with Gasteiger partial charge in [0.2, 0.25) is 0 Å². The van der Waals surface area contributed by atoms with Gasteiger partial charge in [0.05, 0.1) is 12.0 Å². The lowest BCUT2D eigenvalue weighted by molar-refractivity contribution is -0.0605. The second-order valence-electron chi connectivity index (χ2n) is 6.41. The molecule has 0 atom stereocenters. The first-order valence-electron chi connectivity index (χ1n) is 8.37. The summed E-state index contributed by atoms with van der Waals surface area (Å²) < 4.78 is 37.9. The smallest absolute Gasteiger partial charge is 0.348 e. The minimum atomic E-state index is -4.63. The molecule has 1 heterocycles. The van der Waals surface area contributed by atoms with Crippen LogP contribution in [0, 0.1) is 18.3 Å². The molecule has 1 aromatic carbocycles. The molecular weight excluding hydrogens is 359 g/mol. The molecule has 142 valence electrons. The van der Waals surface area contributed by atoms with E-state index in [0.29, 0.717) is 28.5 Å². The fourth-order valence-electron chi connectivity index (χ4n) is 2.54. The van der Waals surface area contributed by atoms with Crippen molar-refractivity contribution in [2.75, 3.05) is 5.32 Å². The van der Waals surface area contributed by atoms with E-state index in [1.54, 1.807) is 31.2 Å². The monoisotopic (exact) mass is 377 g/mol. The molecule has 0 radical (unpaired) electrons. The van der Waals surface area contributed by atoms with Gasteiger partial charge in [-0.3, -0.25) is 9.79 Å². The molecule has 3 N–H and O–H groups in total. The van der Waals surface area contributed by atoms with Crippen molar-refractivity contribution in [2.45, 2.75) is 32.4 Å². The Hall–Kier alpha value is -2.97. The minimum absolute atomic E-state index is 0.00900. The summed E-state index contributed by atoms with van der Waals surface area (Å²) in [5.74, 6) is -0.350. The average Bonchev–Trinajstić information content (AvgIpc) is 3.36. The van der Waals surface area contributed by atoms with Crippen LogP contribution in [0.15, 0.2) is 35.6 Å². The molecule has 27 heavy (non-hydrogen) atoms. The van der Waals surface area contributed by atoms with Crippen LogP contribution in [0.5, 0.6) is 0 Å². The summed E-state index contributed by atoms with van der Waals surface area (Å²) in [5, 5.41) is 9.89. The number of benzene rings is 1. The Morgan fingerprint density at radius 2 is 2.00 bits per heavy atom. The van der Waals surface area contributed by atoms with Gasteiger partial charge in [0, 0.05) is 23.5 Å². The number of alkyl halides is 3. The van der Waals surface area contributed by atoms with E-state index >= 15 is 0 Å². The van der Waals surface area contributed by atoms with Gasteiger partial charge in [-0.1, -0.05) is 0 Å². The van der Waals surface area contributed by atoms with Crippen LogP contribution in [0.2, 0.25) is 0 Å². The summed E-state index contributed by atoms with van der Waals surface area (Å²) in [6.45, 7) is 1.73. The van der Waals surface area contributed by atoms with Gasteiger partial charge in [0.1, 0.15) is 11.4 Å². The Balaban J connectivity index is 1.70. The Labute approximate surface area is 153 Å². The van der Waals surface area contributed by atoms with E-state index in [1.807, 2.05) is 0 Å². The number of rotatable bonds is 6. The highest BCUT2D eigenvalue weighted by Gasteiger charge is 2.37. The predicted molar refractivity (Wildman–Crippen MR) is 95.9 cm³/mol. The lowest BCUT2D eigenvalue weighted by Crippen LogP contribution is -2.25. The molecule has 0 aliphatic heterocycles. The van der Waals surface area contributed by atoms with Crippen LogP contribution in [-0.4, -0.2) is 33.5 Å². The molecule has 0 unspecified atom stereocenters. The van der Waals surface area contributed by atoms with E-state index in [0.717, 1.165) is 12.8 Å². The molecule has 3 rings (SSSR count). The third-order valence-electron chi connectivity index (χ3n) is 4.19. The average molecular weight is 377 g/mol. The first kappa shape index (κ1) is 18.8. The van der Waals surface area contributed by atoms with Crippen molar-refractivity contribution in [3.05, 3.63) is 42.0 Å². The number of nitrogens with zero attached hydrogens (tertiary/aromatic N) is 2. The normalized spacial score (nSPS) is 14.9. The first-order chi connectivity index (χ1) is 12.7. The standard InChI is InChI=1S/C18H18F3N5O/c1-10-16(24-9-23-10)17(27)26-13-6-4-12(5-7-13)25-14(11-2-3-11)8-15(22)18(19,20)21/h4-7,9,11,22H,2-3,8H2,1H3,(H,23,24)(H,26,27). The zero-order chi connectivity index (χ0) is 19.6. The predicted octanol–water partition coefficient (Wildman–Crippen LogP) is 4.43. The Morgan fingerprint density at radius 1 is 1.33 bits per heavy atom. The summed E-state index contributed by atoms with van der Waals surface area (Å²) in [6, 6.07) is 6.48. The number of aryl methyl sites for hydroxylation is 1. The highest BCUT2D eigenvalue weighted by molar-refractivity contribution is 6.08. The van der Waals surface area contributed by atoms with Crippen molar-refractivity contribution in [2.24, 2.45) is 10.9 Å². The molecule has 0 spiro atoms. The SMILES string of the molecule is Cc1[nH]cnc1C(=O)Nc1ccc(N=C(CC(=N)C(F)(F)F)C2CC2)cc1. The van der Waals surface area contributed by atoms with Crippen LogP contribution in [0.1, 0.15) is 35.4 Å². The van der Waals surface area contributed by atoms with Crippen molar-refractivity contribution >= 4 is 28.7 Å². The summed E-state index contributed by atoms with van der Waals surface area (Å²) >= 11 is 0. The second-order valence-corrected chi connectivity index (χ2v) is 6.41. The van der Waals surface area contributed by atoms with E-state index in [9.17, 15) is 18.0 Å². The quantitative estimate of drug-likeness (QED) is 0.650. The van der Waals surface area contributed by atoms with Crippen LogP contribution in [0.4, 0.5) is 24.5 Å². The highest BCUT2D eigenvalue weighted by Crippen LogP contribution is 2.35. The Kier molecular flexibility index (Phi) is 5.11. The van der Waals surface area contributed by atoms with Crippen LogP contribution < -0.4 is 5.32 Å². The van der Waals surface area contributed by atoms with Crippen LogP contribution in [0.3, 0.4) is 0 Å². The second kappa shape index (κ2) is 7.34. The zero-order valence-electron chi connectivity index (χ0n) is 14.5. The minimum Gasteiger partial charge on any atom is -0.348 e. The molecule has 1 aromatic heterocycles. The number of hydrogen-bond donors (Lipinski definition) is 3. The van der Waals surface area contributed by atoms with E-state index < -0.39 is 18.3 Å². The molecule has 0 saturated heterocycles. The maximum atomic E-state index is 12.6. The van der Waals surface area contributed by atoms with Crippen LogP contribution in [-0.2, 0) is 0 Å². The van der Waals surface area contributed by atoms with Gasteiger partial charge in [0.25, 0.3) is 5.91 Å². The van der Waals surface area contributed by atoms with Gasteiger partial charge in [-0.2, -0.15) is 13.2 Å². The van der Waals surface area contributed by atoms with Crippen molar-refractivity contribution in [1.82, 2.24) is 9.97 Å². The lowest BCUT2D eigenvalue weighted by Gasteiger charge is -2.10. The van der Waals surface area contributed by atoms with E-state index in [2.05, 4.69) is 20.3 Å². The summed E-state index contributed by atoms with van der Waals surface area (Å²) in [4.78, 5) is 23.2. The maximum absolute atomic E-state index is 12.6. The van der Waals surface area contributed by atoms with Crippen molar-refractivity contribution < 1.29 is 18.0 Å². The molecular formula is C18H18F3N5O. The fraction of sp³-hybridized carbons (Fsp3) is 0.333. The number of carbonyl (C=O) groups excluding carboxylic acids is 1. The van der Waals surface area contributed by atoms with Gasteiger partial charge >= 0.3 is 6.18 Å². The molecule has 0 bridgehead atoms. The Morgan fingerprint density at radius 3 is 2.52 bits per heavy atom. The van der Waals surface area contributed by atoms with Gasteiger partial charge in [-0.25, -0.2) is 4.98 Å². The van der Waals surface area contributed by atoms with Crippen LogP contribution >= 0.6 is 0 Å². The molecule has 1 amide bonds. The number of carbonyl (C=O) groups is 1. The molecule has 1 saturated carbocycles. The molecule has 1 fully saturated rings. The molecule has 2 aromatic rings. The van der Waals surface area contributed by atoms with Gasteiger partial charge < -0.3 is 15.7 Å². The number of nitrogens with one attached hydrogen (secondary N) is 3. The summed E-state index contributed by atoms with van der Waals surface area (Å²) in [5.41, 5.74) is 1.04. The van der Waals surface area contributed by atoms with Gasteiger partial charge in [-0.15, -0.1) is 0 Å². The van der Waals surface area contributed by atoms with Crippen molar-refractivity contribution in [3.63, 3.8) is 0 Å². The van der Waals surface area contributed by atoms with Gasteiger partial charge in [0.15, 0.2) is 0 Å². The number of H-pyrrole nitrogens is 1. The number of aromatic amines is 1. The topological polar surface area (TPSA) is 94.0 Å². The Bertz CT molecular complexity index is 879. The van der Waals surface area contributed by atoms with E-state index in [1.165, 1.54) is 6.33 Å².